The predicted octanol–water partition coefficient (Wildman–Crippen LogP) is 5.80. The van der Waals surface area contributed by atoms with E-state index in [-0.39, 0.29) is 0 Å². The highest BCUT2D eigenvalue weighted by atomic mass is 15.0. The lowest BCUT2D eigenvalue weighted by Crippen LogP contribution is -2.34. The van der Waals surface area contributed by atoms with Gasteiger partial charge in [-0.3, -0.25) is 4.98 Å². The molecular formula is C27H26N4. The SMILES string of the molecule is CC(C1CCCNC1)n1cc(-c2cncc(-c3ccccc3)c2)c2cc(C#N)ccc21. The number of rotatable bonds is 4. The Morgan fingerprint density at radius 1 is 1.06 bits per heavy atom. The summed E-state index contributed by atoms with van der Waals surface area (Å²) in [4.78, 5) is 4.55. The van der Waals surface area contributed by atoms with Gasteiger partial charge < -0.3 is 9.88 Å². The molecule has 4 aromatic rings. The third kappa shape index (κ3) is 3.73. The Kier molecular flexibility index (Phi) is 5.28. The quantitative estimate of drug-likeness (QED) is 0.466. The number of nitrogens with one attached hydrogen (secondary N) is 1. The lowest BCUT2D eigenvalue weighted by Gasteiger charge is -2.30. The molecule has 31 heavy (non-hydrogen) atoms. The van der Waals surface area contributed by atoms with Crippen LogP contribution in [0.15, 0.2) is 73.2 Å². The average molecular weight is 407 g/mol. The van der Waals surface area contributed by atoms with Crippen LogP contribution in [0.2, 0.25) is 0 Å². The first kappa shape index (κ1) is 19.5. The van der Waals surface area contributed by atoms with Crippen molar-refractivity contribution in [3.63, 3.8) is 0 Å². The van der Waals surface area contributed by atoms with Crippen molar-refractivity contribution < 1.29 is 0 Å². The standard InChI is InChI=1S/C27H26N4/c1-19(22-8-5-11-29-15-22)31-18-26(25-12-20(14-28)9-10-27(25)31)24-13-23(16-30-17-24)21-6-3-2-4-7-21/h2-4,6-7,9-10,12-13,16-19,22,29H,5,8,11,15H2,1H3. The minimum atomic E-state index is 0.377. The summed E-state index contributed by atoms with van der Waals surface area (Å²) in [5.74, 6) is 0.599. The number of nitrogens with zero attached hydrogens (tertiary/aromatic N) is 3. The summed E-state index contributed by atoms with van der Waals surface area (Å²) in [6.45, 7) is 4.49. The van der Waals surface area contributed by atoms with Crippen LogP contribution in [0.1, 0.15) is 31.4 Å². The molecule has 0 bridgehead atoms. The van der Waals surface area contributed by atoms with Crippen LogP contribution in [0.5, 0.6) is 0 Å². The highest BCUT2D eigenvalue weighted by Crippen LogP contribution is 2.37. The first-order chi connectivity index (χ1) is 15.2. The van der Waals surface area contributed by atoms with Gasteiger partial charge in [0.05, 0.1) is 11.6 Å². The van der Waals surface area contributed by atoms with Crippen LogP contribution in [0.4, 0.5) is 0 Å². The van der Waals surface area contributed by atoms with Gasteiger partial charge >= 0.3 is 0 Å². The summed E-state index contributed by atoms with van der Waals surface area (Å²) in [5, 5.41) is 14.2. The summed E-state index contributed by atoms with van der Waals surface area (Å²) < 4.78 is 2.40. The summed E-state index contributed by atoms with van der Waals surface area (Å²) in [7, 11) is 0. The zero-order valence-electron chi connectivity index (χ0n) is 17.8. The molecule has 3 heterocycles. The zero-order chi connectivity index (χ0) is 21.2. The summed E-state index contributed by atoms with van der Waals surface area (Å²) in [6, 6.07) is 21.3. The van der Waals surface area contributed by atoms with Crippen molar-refractivity contribution >= 4 is 10.9 Å². The van der Waals surface area contributed by atoms with Gasteiger partial charge in [-0.05, 0) is 68.6 Å². The Morgan fingerprint density at radius 3 is 2.68 bits per heavy atom. The minimum absolute atomic E-state index is 0.377. The number of hydrogen-bond donors (Lipinski definition) is 1. The summed E-state index contributed by atoms with van der Waals surface area (Å²) in [5.41, 5.74) is 6.32. The fourth-order valence-corrected chi connectivity index (χ4v) is 4.78. The van der Waals surface area contributed by atoms with E-state index in [4.69, 9.17) is 0 Å². The Morgan fingerprint density at radius 2 is 1.90 bits per heavy atom. The maximum atomic E-state index is 9.49. The van der Waals surface area contributed by atoms with Crippen LogP contribution in [-0.4, -0.2) is 22.6 Å². The van der Waals surface area contributed by atoms with Gasteiger partial charge in [0, 0.05) is 52.2 Å². The topological polar surface area (TPSA) is 53.6 Å². The van der Waals surface area contributed by atoms with Crippen molar-refractivity contribution in [1.29, 1.82) is 5.26 Å². The van der Waals surface area contributed by atoms with Crippen LogP contribution < -0.4 is 5.32 Å². The highest BCUT2D eigenvalue weighted by molar-refractivity contribution is 5.97. The Hall–Kier alpha value is -3.42. The maximum absolute atomic E-state index is 9.49. The summed E-state index contributed by atoms with van der Waals surface area (Å²) in [6.07, 6.45) is 8.57. The monoisotopic (exact) mass is 406 g/mol. The van der Waals surface area contributed by atoms with E-state index in [1.807, 2.05) is 42.7 Å². The van der Waals surface area contributed by atoms with Crippen LogP contribution >= 0.6 is 0 Å². The molecule has 2 unspecified atom stereocenters. The molecule has 2 atom stereocenters. The fraction of sp³-hybridized carbons (Fsp3) is 0.259. The molecule has 2 aromatic carbocycles. The van der Waals surface area contributed by atoms with Gasteiger partial charge in [0.25, 0.3) is 0 Å². The third-order valence-electron chi connectivity index (χ3n) is 6.57. The van der Waals surface area contributed by atoms with Gasteiger partial charge in [-0.15, -0.1) is 0 Å². The van der Waals surface area contributed by atoms with Crippen molar-refractivity contribution in [1.82, 2.24) is 14.9 Å². The molecule has 1 fully saturated rings. The molecule has 1 N–H and O–H groups in total. The lowest BCUT2D eigenvalue weighted by molar-refractivity contribution is 0.284. The highest BCUT2D eigenvalue weighted by Gasteiger charge is 2.24. The molecule has 1 aliphatic heterocycles. The van der Waals surface area contributed by atoms with Crippen LogP contribution in [0, 0.1) is 17.2 Å². The number of nitriles is 1. The number of piperidine rings is 1. The van der Waals surface area contributed by atoms with E-state index < -0.39 is 0 Å². The van der Waals surface area contributed by atoms with E-state index in [2.05, 4.69) is 58.3 Å². The first-order valence-corrected chi connectivity index (χ1v) is 11.0. The van der Waals surface area contributed by atoms with E-state index in [0.717, 1.165) is 40.7 Å². The second-order valence-corrected chi connectivity index (χ2v) is 8.47. The van der Waals surface area contributed by atoms with Crippen molar-refractivity contribution in [2.24, 2.45) is 5.92 Å². The van der Waals surface area contributed by atoms with Crippen molar-refractivity contribution in [2.75, 3.05) is 13.1 Å². The molecule has 1 saturated heterocycles. The van der Waals surface area contributed by atoms with E-state index in [1.54, 1.807) is 0 Å². The lowest BCUT2D eigenvalue weighted by atomic mass is 9.92. The van der Waals surface area contributed by atoms with Crippen LogP contribution in [-0.2, 0) is 0 Å². The van der Waals surface area contributed by atoms with Gasteiger partial charge in [0.2, 0.25) is 0 Å². The zero-order valence-corrected chi connectivity index (χ0v) is 17.8. The Balaban J connectivity index is 1.64. The molecule has 0 aliphatic carbocycles. The molecule has 5 rings (SSSR count). The second-order valence-electron chi connectivity index (χ2n) is 8.47. The van der Waals surface area contributed by atoms with E-state index >= 15 is 0 Å². The number of hydrogen-bond acceptors (Lipinski definition) is 3. The largest absolute Gasteiger partial charge is 0.344 e. The van der Waals surface area contributed by atoms with E-state index in [1.165, 1.54) is 18.4 Å². The molecule has 0 saturated carbocycles. The van der Waals surface area contributed by atoms with Gasteiger partial charge in [-0.25, -0.2) is 0 Å². The molecule has 2 aromatic heterocycles. The first-order valence-electron chi connectivity index (χ1n) is 11.0. The minimum Gasteiger partial charge on any atom is -0.344 e. The summed E-state index contributed by atoms with van der Waals surface area (Å²) >= 11 is 0. The van der Waals surface area contributed by atoms with Gasteiger partial charge in [0.1, 0.15) is 0 Å². The molecule has 0 radical (unpaired) electrons. The molecule has 0 amide bonds. The van der Waals surface area contributed by atoms with E-state index in [0.29, 0.717) is 17.5 Å². The van der Waals surface area contributed by atoms with Crippen molar-refractivity contribution in [2.45, 2.75) is 25.8 Å². The number of fused-ring (bicyclic) bond motifs is 1. The van der Waals surface area contributed by atoms with E-state index in [9.17, 15) is 5.26 Å². The Bertz CT molecular complexity index is 1240. The van der Waals surface area contributed by atoms with Crippen molar-refractivity contribution in [3.8, 4) is 28.3 Å². The normalized spacial score (nSPS) is 17.4. The molecule has 154 valence electrons. The predicted molar refractivity (Wildman–Crippen MR) is 126 cm³/mol. The molecular weight excluding hydrogens is 380 g/mol. The smallest absolute Gasteiger partial charge is 0.0991 e. The van der Waals surface area contributed by atoms with Crippen LogP contribution in [0.25, 0.3) is 33.2 Å². The van der Waals surface area contributed by atoms with Crippen LogP contribution in [0.3, 0.4) is 0 Å². The van der Waals surface area contributed by atoms with Gasteiger partial charge in [-0.2, -0.15) is 5.26 Å². The second kappa shape index (κ2) is 8.37. The van der Waals surface area contributed by atoms with Gasteiger partial charge in [-0.1, -0.05) is 30.3 Å². The fourth-order valence-electron chi connectivity index (χ4n) is 4.78. The number of aromatic nitrogens is 2. The Labute approximate surface area is 183 Å². The average Bonchev–Trinajstić information content (AvgIpc) is 3.23. The van der Waals surface area contributed by atoms with Crippen molar-refractivity contribution in [3.05, 3.63) is 78.8 Å². The molecule has 0 spiro atoms. The molecule has 4 heteroatoms. The van der Waals surface area contributed by atoms with Gasteiger partial charge in [0.15, 0.2) is 0 Å². The number of pyridine rings is 1. The maximum Gasteiger partial charge on any atom is 0.0991 e. The third-order valence-corrected chi connectivity index (χ3v) is 6.57. The molecule has 4 nitrogen and oxygen atoms in total. The molecule has 1 aliphatic rings. The number of benzene rings is 2.